The molecule has 0 spiro atoms. The van der Waals surface area contributed by atoms with Gasteiger partial charge in [0, 0.05) is 31.0 Å². The van der Waals surface area contributed by atoms with Gasteiger partial charge in [0.2, 0.25) is 0 Å². The van der Waals surface area contributed by atoms with Gasteiger partial charge in [-0.15, -0.1) is 0 Å². The number of pyridine rings is 1. The molecular weight excluding hydrogens is 485 g/mol. The van der Waals surface area contributed by atoms with E-state index in [2.05, 4.69) is 20.1 Å². The Bertz CT molecular complexity index is 1570. The maximum Gasteiger partial charge on any atom is 0.422 e. The number of morpholine rings is 1. The van der Waals surface area contributed by atoms with Crippen molar-refractivity contribution < 1.29 is 22.3 Å². The quantitative estimate of drug-likeness (QED) is 0.327. The number of hydrogen-bond acceptors (Lipinski definition) is 7. The number of benzene rings is 1. The Morgan fingerprint density at radius 1 is 0.946 bits per heavy atom. The molecule has 0 aliphatic carbocycles. The molecule has 4 aromatic heterocycles. The van der Waals surface area contributed by atoms with Crippen LogP contribution in [0.25, 0.3) is 39.8 Å². The van der Waals surface area contributed by atoms with E-state index in [-0.39, 0.29) is 28.6 Å². The lowest BCUT2D eigenvalue weighted by atomic mass is 10.1. The van der Waals surface area contributed by atoms with E-state index in [0.29, 0.717) is 32.0 Å². The van der Waals surface area contributed by atoms with Gasteiger partial charge in [0.15, 0.2) is 17.2 Å². The van der Waals surface area contributed by atoms with Gasteiger partial charge in [-0.1, -0.05) is 29.8 Å². The van der Waals surface area contributed by atoms with Gasteiger partial charge < -0.3 is 14.1 Å². The lowest BCUT2D eigenvalue weighted by Gasteiger charge is -2.27. The number of furan rings is 1. The highest BCUT2D eigenvalue weighted by atomic mass is 19.4. The molecular formula is C26H21F3N6O2. The van der Waals surface area contributed by atoms with Crippen LogP contribution in [0.2, 0.25) is 0 Å². The van der Waals surface area contributed by atoms with E-state index in [4.69, 9.17) is 9.15 Å². The summed E-state index contributed by atoms with van der Waals surface area (Å²) in [5, 5.41) is 4.57. The van der Waals surface area contributed by atoms with Crippen LogP contribution in [0.4, 0.5) is 19.0 Å². The second-order valence-electron chi connectivity index (χ2n) is 8.66. The normalized spacial score (nSPS) is 14.4. The first-order valence-electron chi connectivity index (χ1n) is 11.7. The van der Waals surface area contributed by atoms with Gasteiger partial charge in [-0.05, 0) is 31.2 Å². The molecule has 1 aromatic carbocycles. The minimum Gasteiger partial charge on any atom is -0.448 e. The number of rotatable bonds is 4. The van der Waals surface area contributed by atoms with Crippen molar-refractivity contribution >= 4 is 16.9 Å². The van der Waals surface area contributed by atoms with Crippen LogP contribution in [-0.2, 0) is 10.9 Å². The first kappa shape index (κ1) is 23.2. The summed E-state index contributed by atoms with van der Waals surface area (Å²) < 4.78 is 56.1. The van der Waals surface area contributed by atoms with Crippen LogP contribution in [0, 0.1) is 6.92 Å². The molecule has 1 aliphatic heterocycles. The fourth-order valence-corrected chi connectivity index (χ4v) is 4.38. The Hall–Kier alpha value is -4.25. The molecule has 0 bridgehead atoms. The maximum absolute atomic E-state index is 14.5. The van der Waals surface area contributed by atoms with Gasteiger partial charge in [0.25, 0.3) is 5.95 Å². The third kappa shape index (κ3) is 4.31. The van der Waals surface area contributed by atoms with Crippen molar-refractivity contribution in [3.63, 3.8) is 0 Å². The van der Waals surface area contributed by atoms with Crippen molar-refractivity contribution in [1.29, 1.82) is 0 Å². The average molecular weight is 506 g/mol. The smallest absolute Gasteiger partial charge is 0.422 e. The number of fused-ring (bicyclic) bond motifs is 1. The number of nitrogens with zero attached hydrogens (tertiary/aromatic N) is 6. The fraction of sp³-hybridized carbons (Fsp3) is 0.231. The van der Waals surface area contributed by atoms with E-state index >= 15 is 0 Å². The number of aryl methyl sites for hydroxylation is 1. The Morgan fingerprint density at radius 2 is 1.78 bits per heavy atom. The van der Waals surface area contributed by atoms with Gasteiger partial charge in [-0.2, -0.15) is 23.3 Å². The van der Waals surface area contributed by atoms with Crippen LogP contribution in [0.15, 0.2) is 65.3 Å². The molecule has 0 amide bonds. The Balaban J connectivity index is 1.58. The third-order valence-electron chi connectivity index (χ3n) is 6.10. The summed E-state index contributed by atoms with van der Waals surface area (Å²) in [6.07, 6.45) is -1.70. The molecule has 1 saturated heterocycles. The van der Waals surface area contributed by atoms with Crippen LogP contribution < -0.4 is 4.90 Å². The molecule has 11 heteroatoms. The minimum absolute atomic E-state index is 0.00626. The largest absolute Gasteiger partial charge is 0.448 e. The summed E-state index contributed by atoms with van der Waals surface area (Å²) in [4.78, 5) is 14.9. The number of aromatic nitrogens is 5. The summed E-state index contributed by atoms with van der Waals surface area (Å²) >= 11 is 0. The van der Waals surface area contributed by atoms with Gasteiger partial charge in [0.05, 0.1) is 18.9 Å². The molecule has 0 atom stereocenters. The minimum atomic E-state index is -4.75. The molecule has 1 aliphatic rings. The molecule has 37 heavy (non-hydrogen) atoms. The second-order valence-corrected chi connectivity index (χ2v) is 8.66. The number of alkyl halides is 3. The van der Waals surface area contributed by atoms with Gasteiger partial charge in [-0.25, -0.2) is 9.67 Å². The highest BCUT2D eigenvalue weighted by molar-refractivity contribution is 5.92. The Labute approximate surface area is 209 Å². The third-order valence-corrected chi connectivity index (χ3v) is 6.10. The van der Waals surface area contributed by atoms with Crippen LogP contribution in [0.3, 0.4) is 0 Å². The number of hydrogen-bond donors (Lipinski definition) is 0. The molecule has 1 fully saturated rings. The summed E-state index contributed by atoms with van der Waals surface area (Å²) in [5.41, 5.74) is 1.27. The van der Waals surface area contributed by atoms with Crippen LogP contribution in [0.5, 0.6) is 0 Å². The van der Waals surface area contributed by atoms with Crippen molar-refractivity contribution in [3.8, 4) is 28.7 Å². The summed E-state index contributed by atoms with van der Waals surface area (Å²) in [7, 11) is 0. The van der Waals surface area contributed by atoms with E-state index in [0.717, 1.165) is 11.1 Å². The van der Waals surface area contributed by atoms with Crippen molar-refractivity contribution in [2.75, 3.05) is 31.2 Å². The molecule has 0 radical (unpaired) electrons. The van der Waals surface area contributed by atoms with Crippen molar-refractivity contribution in [2.45, 2.75) is 13.1 Å². The predicted octanol–water partition coefficient (Wildman–Crippen LogP) is 5.30. The lowest BCUT2D eigenvalue weighted by molar-refractivity contribution is -0.136. The molecule has 5 aromatic rings. The van der Waals surface area contributed by atoms with Crippen molar-refractivity contribution in [3.05, 3.63) is 72.1 Å². The topological polar surface area (TPSA) is 82.1 Å². The summed E-state index contributed by atoms with van der Waals surface area (Å²) in [6, 6.07) is 14.3. The molecule has 6 rings (SSSR count). The van der Waals surface area contributed by atoms with Crippen LogP contribution in [0.1, 0.15) is 11.1 Å². The van der Waals surface area contributed by atoms with Gasteiger partial charge >= 0.3 is 6.18 Å². The molecule has 5 heterocycles. The zero-order chi connectivity index (χ0) is 25.6. The van der Waals surface area contributed by atoms with E-state index in [1.807, 2.05) is 36.1 Å². The maximum atomic E-state index is 14.5. The highest BCUT2D eigenvalue weighted by Gasteiger charge is 2.42. The first-order chi connectivity index (χ1) is 17.9. The first-order valence-corrected chi connectivity index (χ1v) is 11.7. The fourth-order valence-electron chi connectivity index (χ4n) is 4.38. The lowest BCUT2D eigenvalue weighted by Crippen LogP contribution is -2.37. The second kappa shape index (κ2) is 9.00. The Kier molecular flexibility index (Phi) is 5.64. The monoisotopic (exact) mass is 506 g/mol. The zero-order valence-corrected chi connectivity index (χ0v) is 19.7. The van der Waals surface area contributed by atoms with E-state index < -0.39 is 17.5 Å². The van der Waals surface area contributed by atoms with E-state index in [1.54, 1.807) is 24.4 Å². The van der Waals surface area contributed by atoms with E-state index in [1.165, 1.54) is 16.9 Å². The number of anilines is 1. The molecule has 8 nitrogen and oxygen atoms in total. The standard InChI is InChI=1S/C26H21F3N6O2/c1-16-5-4-6-17(15-16)18-8-10-35(33-18)25-31-21-20(26(27,28)29)22(19-7-2-3-9-30-19)37-23(21)24(32-25)34-11-13-36-14-12-34/h2-10,15H,11-14H2,1H3. The molecule has 0 saturated carbocycles. The van der Waals surface area contributed by atoms with Crippen LogP contribution in [-0.4, -0.2) is 51.0 Å². The Morgan fingerprint density at radius 3 is 2.51 bits per heavy atom. The predicted molar refractivity (Wildman–Crippen MR) is 130 cm³/mol. The van der Waals surface area contributed by atoms with Crippen molar-refractivity contribution in [2.24, 2.45) is 0 Å². The number of halogens is 3. The summed E-state index contributed by atoms with van der Waals surface area (Å²) in [6.45, 7) is 3.70. The highest BCUT2D eigenvalue weighted by Crippen LogP contribution is 2.45. The zero-order valence-electron chi connectivity index (χ0n) is 19.7. The molecule has 188 valence electrons. The SMILES string of the molecule is Cc1cccc(-c2ccn(-c3nc(N4CCOCC4)c4oc(-c5ccccn5)c(C(F)(F)F)c4n3)n2)c1. The average Bonchev–Trinajstić information content (AvgIpc) is 3.55. The number of ether oxygens (including phenoxy) is 1. The molecule has 0 unspecified atom stereocenters. The van der Waals surface area contributed by atoms with Gasteiger partial charge in [-0.3, -0.25) is 4.98 Å². The van der Waals surface area contributed by atoms with Crippen LogP contribution >= 0.6 is 0 Å². The van der Waals surface area contributed by atoms with Gasteiger partial charge in [0.1, 0.15) is 16.8 Å². The molecule has 0 N–H and O–H groups in total. The van der Waals surface area contributed by atoms with Crippen molar-refractivity contribution in [1.82, 2.24) is 24.7 Å². The van der Waals surface area contributed by atoms with E-state index in [9.17, 15) is 13.2 Å². The summed E-state index contributed by atoms with van der Waals surface area (Å²) in [5.74, 6) is -0.139.